The molecule has 2 aliphatic heterocycles. The molecule has 0 radical (unpaired) electrons. The van der Waals surface area contributed by atoms with Crippen LogP contribution >= 0.6 is 23.5 Å². The van der Waals surface area contributed by atoms with Crippen molar-refractivity contribution in [2.75, 3.05) is 13.1 Å². The number of benzene rings is 1. The van der Waals surface area contributed by atoms with E-state index in [1.807, 2.05) is 0 Å². The molecule has 32 heavy (non-hydrogen) atoms. The first kappa shape index (κ1) is 21.6. The molecule has 0 unspecified atom stereocenters. The van der Waals surface area contributed by atoms with Gasteiger partial charge in [-0.15, -0.1) is 0 Å². The molecule has 1 aromatic carbocycles. The molecular weight excluding hydrogens is 458 g/mol. The molecule has 2 saturated heterocycles. The summed E-state index contributed by atoms with van der Waals surface area (Å²) in [6, 6.07) is 8.95. The van der Waals surface area contributed by atoms with E-state index >= 15 is 0 Å². The van der Waals surface area contributed by atoms with Crippen LogP contribution in [-0.4, -0.2) is 50.1 Å². The molecule has 12 heteroatoms. The van der Waals surface area contributed by atoms with E-state index in [4.69, 9.17) is 4.42 Å². The first-order valence-electron chi connectivity index (χ1n) is 9.12. The van der Waals surface area contributed by atoms with Crippen LogP contribution in [0.15, 0.2) is 56.9 Å². The second-order valence-electron chi connectivity index (χ2n) is 6.53. The van der Waals surface area contributed by atoms with E-state index in [9.17, 15) is 29.3 Å². The van der Waals surface area contributed by atoms with E-state index in [1.54, 1.807) is 18.2 Å². The van der Waals surface area contributed by atoms with Crippen molar-refractivity contribution in [1.29, 1.82) is 0 Å². The van der Waals surface area contributed by atoms with Crippen molar-refractivity contribution in [2.24, 2.45) is 0 Å². The number of nitro groups is 1. The van der Waals surface area contributed by atoms with Gasteiger partial charge in [-0.3, -0.25) is 39.1 Å². The van der Waals surface area contributed by atoms with Crippen LogP contribution in [0.1, 0.15) is 11.3 Å². The van der Waals surface area contributed by atoms with Crippen LogP contribution in [0.2, 0.25) is 0 Å². The molecule has 0 saturated carbocycles. The van der Waals surface area contributed by atoms with Crippen LogP contribution in [0.5, 0.6) is 0 Å². The van der Waals surface area contributed by atoms with Crippen LogP contribution in [0, 0.1) is 10.1 Å². The van der Waals surface area contributed by atoms with Gasteiger partial charge in [0.15, 0.2) is 0 Å². The van der Waals surface area contributed by atoms with Gasteiger partial charge in [0.25, 0.3) is 28.0 Å². The maximum absolute atomic E-state index is 12.6. The van der Waals surface area contributed by atoms with Crippen LogP contribution in [0.25, 0.3) is 12.2 Å². The average Bonchev–Trinajstić information content (AvgIpc) is 3.43. The fourth-order valence-corrected chi connectivity index (χ4v) is 4.68. The lowest BCUT2D eigenvalue weighted by Gasteiger charge is -2.17. The third-order valence-electron chi connectivity index (χ3n) is 4.49. The van der Waals surface area contributed by atoms with Gasteiger partial charge >= 0.3 is 0 Å². The zero-order valence-electron chi connectivity index (χ0n) is 16.1. The number of thioether (sulfide) groups is 2. The zero-order chi connectivity index (χ0) is 22.8. The predicted molar refractivity (Wildman–Crippen MR) is 117 cm³/mol. The summed E-state index contributed by atoms with van der Waals surface area (Å²) in [5.41, 5.74) is 0.263. The number of hydrogen-bond acceptors (Lipinski definition) is 9. The predicted octanol–water partition coefficient (Wildman–Crippen LogP) is 3.96. The molecule has 2 aromatic rings. The highest BCUT2D eigenvalue weighted by Crippen LogP contribution is 2.34. The lowest BCUT2D eigenvalue weighted by atomic mass is 10.2. The SMILES string of the molecule is O=C1S/C(=C/c2cccc([N+](=O)[O-])c2)C(=O)N1CCN1C(=O)S/C(=C/c2ccco2)C1=O. The van der Waals surface area contributed by atoms with E-state index in [2.05, 4.69) is 0 Å². The Labute approximate surface area is 189 Å². The molecule has 2 fully saturated rings. The fraction of sp³-hybridized carbons (Fsp3) is 0.100. The molecule has 0 atom stereocenters. The molecule has 162 valence electrons. The maximum atomic E-state index is 12.6. The van der Waals surface area contributed by atoms with Gasteiger partial charge in [-0.1, -0.05) is 12.1 Å². The summed E-state index contributed by atoms with van der Waals surface area (Å²) in [5.74, 6) is -0.701. The Morgan fingerprint density at radius 1 is 0.906 bits per heavy atom. The minimum atomic E-state index is -0.593. The first-order valence-corrected chi connectivity index (χ1v) is 10.8. The number of hydrogen-bond donors (Lipinski definition) is 0. The summed E-state index contributed by atoms with van der Waals surface area (Å²) in [7, 11) is 0. The van der Waals surface area contributed by atoms with Gasteiger partial charge < -0.3 is 4.42 Å². The Morgan fingerprint density at radius 3 is 2.09 bits per heavy atom. The normalized spacial score (nSPS) is 19.1. The number of carbonyl (C=O) groups excluding carboxylic acids is 4. The van der Waals surface area contributed by atoms with E-state index in [0.717, 1.165) is 21.6 Å². The number of amides is 4. The van der Waals surface area contributed by atoms with Gasteiger partial charge in [-0.05, 0) is 47.3 Å². The number of furan rings is 1. The second kappa shape index (κ2) is 8.85. The second-order valence-corrected chi connectivity index (χ2v) is 8.52. The zero-order valence-corrected chi connectivity index (χ0v) is 17.8. The van der Waals surface area contributed by atoms with Crippen LogP contribution < -0.4 is 0 Å². The van der Waals surface area contributed by atoms with E-state index in [1.165, 1.54) is 36.6 Å². The standard InChI is InChI=1S/C20H13N3O7S2/c24-17-15(10-12-3-1-4-13(9-12)23(28)29)31-19(26)21(17)6-7-22-18(25)16(32-20(22)27)11-14-5-2-8-30-14/h1-5,8-11H,6-7H2/b15-10+,16-11+. The van der Waals surface area contributed by atoms with Crippen molar-refractivity contribution in [1.82, 2.24) is 9.80 Å². The third kappa shape index (κ3) is 4.36. The number of carbonyl (C=O) groups is 4. The van der Waals surface area contributed by atoms with Gasteiger partial charge in [-0.25, -0.2) is 0 Å². The summed E-state index contributed by atoms with van der Waals surface area (Å²) in [6.45, 7) is -0.314. The lowest BCUT2D eigenvalue weighted by Crippen LogP contribution is -2.39. The summed E-state index contributed by atoms with van der Waals surface area (Å²) in [5, 5.41) is 9.86. The molecule has 0 aliphatic carbocycles. The summed E-state index contributed by atoms with van der Waals surface area (Å²) in [6.07, 6.45) is 4.29. The molecular formula is C20H13N3O7S2. The van der Waals surface area contributed by atoms with Crippen molar-refractivity contribution in [2.45, 2.75) is 0 Å². The molecule has 1 aromatic heterocycles. The largest absolute Gasteiger partial charge is 0.465 e. The molecule has 0 bridgehead atoms. The summed E-state index contributed by atoms with van der Waals surface area (Å²) in [4.78, 5) is 62.2. The first-order chi connectivity index (χ1) is 15.3. The molecule has 0 spiro atoms. The Kier molecular flexibility index (Phi) is 5.97. The highest BCUT2D eigenvalue weighted by Gasteiger charge is 2.39. The Balaban J connectivity index is 1.44. The molecule has 4 rings (SSSR count). The maximum Gasteiger partial charge on any atom is 0.293 e. The molecule has 4 amide bonds. The van der Waals surface area contributed by atoms with E-state index in [-0.39, 0.29) is 28.6 Å². The highest BCUT2D eigenvalue weighted by atomic mass is 32.2. The average molecular weight is 471 g/mol. The Hall–Kier alpha value is -3.64. The smallest absolute Gasteiger partial charge is 0.293 e. The minimum absolute atomic E-state index is 0.0994. The van der Waals surface area contributed by atoms with Crippen molar-refractivity contribution >= 4 is 63.7 Å². The molecule has 3 heterocycles. The number of rotatable bonds is 6. The topological polar surface area (TPSA) is 131 Å². The minimum Gasteiger partial charge on any atom is -0.465 e. The molecule has 2 aliphatic rings. The number of imide groups is 2. The van der Waals surface area contributed by atoms with Gasteiger partial charge in [0, 0.05) is 31.3 Å². The quantitative estimate of drug-likeness (QED) is 0.349. The number of nitro benzene ring substituents is 1. The molecule has 0 N–H and O–H groups in total. The van der Waals surface area contributed by atoms with Gasteiger partial charge in [0.1, 0.15) is 5.76 Å². The van der Waals surface area contributed by atoms with Crippen molar-refractivity contribution in [3.63, 3.8) is 0 Å². The van der Waals surface area contributed by atoms with Crippen LogP contribution in [-0.2, 0) is 9.59 Å². The lowest BCUT2D eigenvalue weighted by molar-refractivity contribution is -0.384. The number of nitrogens with zero attached hydrogens (tertiary/aromatic N) is 3. The van der Waals surface area contributed by atoms with Crippen LogP contribution in [0.4, 0.5) is 15.3 Å². The molecule has 10 nitrogen and oxygen atoms in total. The highest BCUT2D eigenvalue weighted by molar-refractivity contribution is 8.18. The third-order valence-corrected chi connectivity index (χ3v) is 6.30. The van der Waals surface area contributed by atoms with Gasteiger partial charge in [-0.2, -0.15) is 0 Å². The Morgan fingerprint density at radius 2 is 1.53 bits per heavy atom. The fourth-order valence-electron chi connectivity index (χ4n) is 2.97. The monoisotopic (exact) mass is 471 g/mol. The van der Waals surface area contributed by atoms with Crippen LogP contribution in [0.3, 0.4) is 0 Å². The number of non-ortho nitro benzene ring substituents is 1. The van der Waals surface area contributed by atoms with E-state index < -0.39 is 27.2 Å². The Bertz CT molecular complexity index is 1200. The van der Waals surface area contributed by atoms with Gasteiger partial charge in [0.2, 0.25) is 0 Å². The summed E-state index contributed by atoms with van der Waals surface area (Å²) >= 11 is 1.44. The van der Waals surface area contributed by atoms with Gasteiger partial charge in [0.05, 0.1) is 21.0 Å². The van der Waals surface area contributed by atoms with Crippen molar-refractivity contribution in [3.05, 3.63) is 73.9 Å². The summed E-state index contributed by atoms with van der Waals surface area (Å²) < 4.78 is 5.15. The van der Waals surface area contributed by atoms with Crippen molar-refractivity contribution in [3.8, 4) is 0 Å². The van der Waals surface area contributed by atoms with Crippen molar-refractivity contribution < 1.29 is 28.5 Å². The van der Waals surface area contributed by atoms with E-state index in [0.29, 0.717) is 23.1 Å².